The molecular formula is C62H91BrN12O8S2Si4. The van der Waals surface area contributed by atoms with Gasteiger partial charge in [0, 0.05) is 136 Å². The van der Waals surface area contributed by atoms with Crippen LogP contribution in [0.25, 0.3) is 55.4 Å². The number of sulfone groups is 2. The van der Waals surface area contributed by atoms with Gasteiger partial charge in [-0.25, -0.2) is 26.8 Å². The average molecular weight is 1390 g/mol. The van der Waals surface area contributed by atoms with Gasteiger partial charge < -0.3 is 38.5 Å². The molecular weight excluding hydrogens is 1300 g/mol. The lowest BCUT2D eigenvalue weighted by Crippen LogP contribution is -2.41. The minimum Gasteiger partial charge on any atom is -0.361 e. The summed E-state index contributed by atoms with van der Waals surface area (Å²) in [5.41, 5.74) is 6.69. The summed E-state index contributed by atoms with van der Waals surface area (Å²) < 4.78 is 78.6. The van der Waals surface area contributed by atoms with Crippen LogP contribution in [-0.2, 0) is 38.6 Å². The highest BCUT2D eigenvalue weighted by Crippen LogP contribution is 2.39. The topological polar surface area (TPSA) is 204 Å². The smallest absolute Gasteiger partial charge is 0.167 e. The Balaban J connectivity index is 0.000000211. The van der Waals surface area contributed by atoms with Crippen LogP contribution in [-0.4, -0.2) is 191 Å². The van der Waals surface area contributed by atoms with Crippen molar-refractivity contribution in [2.75, 3.05) is 122 Å². The molecule has 8 heterocycles. The van der Waals surface area contributed by atoms with E-state index in [1.165, 1.54) is 0 Å². The van der Waals surface area contributed by atoms with Gasteiger partial charge in [-0.15, -0.1) is 0 Å². The molecule has 0 radical (unpaired) electrons. The fraction of sp³-hybridized carbons (Fsp3) is 0.516. The van der Waals surface area contributed by atoms with E-state index >= 15 is 0 Å². The van der Waals surface area contributed by atoms with Gasteiger partial charge in [0.05, 0.1) is 46.4 Å². The fourth-order valence-electron chi connectivity index (χ4n) is 10.0. The van der Waals surface area contributed by atoms with Gasteiger partial charge in [-0.05, 0) is 64.4 Å². The Labute approximate surface area is 538 Å². The van der Waals surface area contributed by atoms with Crippen molar-refractivity contribution in [3.05, 3.63) is 96.0 Å². The van der Waals surface area contributed by atoms with E-state index in [2.05, 4.69) is 126 Å². The maximum atomic E-state index is 12.3. The summed E-state index contributed by atoms with van der Waals surface area (Å²) in [7, 11) is -11.2. The van der Waals surface area contributed by atoms with Crippen molar-refractivity contribution in [1.29, 1.82) is 0 Å². The van der Waals surface area contributed by atoms with Gasteiger partial charge in [0.25, 0.3) is 0 Å². The van der Waals surface area contributed by atoms with Crippen LogP contribution in [0.1, 0.15) is 0 Å². The molecule has 0 N–H and O–H groups in total. The number of anilines is 4. The third-order valence-electron chi connectivity index (χ3n) is 15.7. The molecule has 27 heteroatoms. The summed E-state index contributed by atoms with van der Waals surface area (Å²) in [6.07, 6.45) is 7.37. The number of hydrogen-bond acceptors (Lipinski definition) is 18. The van der Waals surface area contributed by atoms with Crippen LogP contribution in [0.4, 0.5) is 23.3 Å². The van der Waals surface area contributed by atoms with E-state index in [1.807, 2.05) is 93.3 Å². The second kappa shape index (κ2) is 28.8. The van der Waals surface area contributed by atoms with E-state index < -0.39 is 52.0 Å². The summed E-state index contributed by atoms with van der Waals surface area (Å²) in [6.45, 7) is 33.6. The van der Waals surface area contributed by atoms with Crippen LogP contribution in [0, 0.1) is 0 Å². The summed E-state index contributed by atoms with van der Waals surface area (Å²) in [4.78, 5) is 27.8. The number of ether oxygens (including phenoxy) is 4. The van der Waals surface area contributed by atoms with Crippen LogP contribution in [0.5, 0.6) is 0 Å². The quantitative estimate of drug-likeness (QED) is 0.0281. The van der Waals surface area contributed by atoms with Crippen LogP contribution in [0.15, 0.2) is 96.0 Å². The zero-order valence-electron chi connectivity index (χ0n) is 54.1. The standard InChI is InChI=1S/C31H45BrN6O4SSi2.C31H46N6O4SSi2/c1-44(2,3)17-13-41-22-37(23-42-14-18-45(4,5)6)31-28(32)30(36-11-15-43(39,40)16-12-36)35-29-26(21-34-38(29)31)25-19-24-9-7-8-10-27(24)33-20-25;1-43(2,3)17-13-40-23-36(24-41-14-18-44(4,5)6)30-20-29(35-11-15-42(38,39)16-12-35)34-31-27(22-33-37(30)31)26-19-25-9-7-8-10-28(25)32-21-26/h7-10,19-21H,11-18,22-23H2,1-6H3;7-10,19-22H,11-18,23-24H2,1-6H3. The molecule has 0 aliphatic carbocycles. The maximum Gasteiger partial charge on any atom is 0.167 e. The average Bonchev–Trinajstić information content (AvgIpc) is 1.79. The third-order valence-corrected chi connectivity index (χ3v) is 26.4. The Bertz CT molecular complexity index is 3900. The first-order valence-corrected chi connectivity index (χ1v) is 50.1. The second-order valence-electron chi connectivity index (χ2n) is 28.2. The maximum absolute atomic E-state index is 12.3. The zero-order valence-corrected chi connectivity index (χ0v) is 61.3. The number of rotatable bonds is 26. The van der Waals surface area contributed by atoms with Gasteiger partial charge in [0.1, 0.15) is 48.8 Å². The summed E-state index contributed by atoms with van der Waals surface area (Å²) in [6, 6.07) is 26.5. The normalized spacial score (nSPS) is 15.7. The molecule has 0 amide bonds. The molecule has 6 aromatic heterocycles. The summed E-state index contributed by atoms with van der Waals surface area (Å²) >= 11 is 3.88. The van der Waals surface area contributed by atoms with Crippen molar-refractivity contribution in [1.82, 2.24) is 39.2 Å². The Morgan fingerprint density at radius 3 is 1.33 bits per heavy atom. The predicted octanol–water partition coefficient (Wildman–Crippen LogP) is 12.0. The van der Waals surface area contributed by atoms with Gasteiger partial charge in [-0.2, -0.15) is 19.2 Å². The molecule has 10 rings (SSSR count). The Kier molecular flexibility index (Phi) is 22.0. The molecule has 2 saturated heterocycles. The van der Waals surface area contributed by atoms with Crippen molar-refractivity contribution in [2.45, 2.75) is 103 Å². The van der Waals surface area contributed by atoms with Crippen LogP contribution >= 0.6 is 15.9 Å². The lowest BCUT2D eigenvalue weighted by Gasteiger charge is -2.32. The number of hydrogen-bond donors (Lipinski definition) is 0. The third kappa shape index (κ3) is 19.0. The largest absolute Gasteiger partial charge is 0.361 e. The van der Waals surface area contributed by atoms with Gasteiger partial charge in [-0.1, -0.05) is 115 Å². The van der Waals surface area contributed by atoms with E-state index in [4.69, 9.17) is 44.1 Å². The van der Waals surface area contributed by atoms with E-state index in [-0.39, 0.29) is 23.0 Å². The molecule has 2 aliphatic heterocycles. The first-order valence-electron chi connectivity index (χ1n) is 30.9. The molecule has 0 atom stereocenters. The Morgan fingerprint density at radius 2 is 0.888 bits per heavy atom. The lowest BCUT2D eigenvalue weighted by molar-refractivity contribution is 0.0940. The molecule has 2 aliphatic rings. The summed E-state index contributed by atoms with van der Waals surface area (Å²) in [5.74, 6) is 3.34. The number of pyridine rings is 2. The minimum atomic E-state index is -3.08. The Hall–Kier alpha value is -5.21. The molecule has 2 fully saturated rings. The first-order chi connectivity index (χ1) is 42.0. The number of para-hydroxylation sites is 2. The fourth-order valence-corrected chi connectivity index (χ4v) is 16.2. The molecule has 482 valence electrons. The molecule has 0 bridgehead atoms. The van der Waals surface area contributed by atoms with Crippen LogP contribution in [0.3, 0.4) is 0 Å². The molecule has 8 aromatic rings. The first kappa shape index (κ1) is 68.2. The van der Waals surface area contributed by atoms with E-state index in [1.54, 1.807) is 0 Å². The van der Waals surface area contributed by atoms with Crippen molar-refractivity contribution >= 4 is 124 Å². The molecule has 89 heavy (non-hydrogen) atoms. The monoisotopic (exact) mass is 1390 g/mol. The highest BCUT2D eigenvalue weighted by molar-refractivity contribution is 9.10. The van der Waals surface area contributed by atoms with Crippen molar-refractivity contribution < 1.29 is 35.8 Å². The SMILES string of the molecule is C[Si](C)(C)CCOCN(COCC[Si](C)(C)C)c1c(Br)c(N2CCS(=O)(=O)CC2)nc2c(-c3cnc4ccccc4c3)cnn12.C[Si](C)(C)CCOCN(COCC[Si](C)(C)C)c1cc(N2CCS(=O)(=O)CC2)nc2c(-c3cnc4ccccc4c3)cnn12. The van der Waals surface area contributed by atoms with Crippen LogP contribution in [0.2, 0.25) is 103 Å². The Morgan fingerprint density at radius 1 is 0.494 bits per heavy atom. The highest BCUT2D eigenvalue weighted by atomic mass is 79.9. The van der Waals surface area contributed by atoms with E-state index in [0.29, 0.717) is 102 Å². The zero-order chi connectivity index (χ0) is 63.9. The molecule has 0 spiro atoms. The van der Waals surface area contributed by atoms with E-state index in [0.717, 1.165) is 84.3 Å². The van der Waals surface area contributed by atoms with E-state index in [9.17, 15) is 16.8 Å². The number of nitrogens with zero attached hydrogens (tertiary/aromatic N) is 12. The minimum absolute atomic E-state index is 0.0890. The number of benzene rings is 2. The van der Waals surface area contributed by atoms with Gasteiger partial charge in [-0.3, -0.25) is 9.97 Å². The molecule has 0 saturated carbocycles. The highest BCUT2D eigenvalue weighted by Gasteiger charge is 2.31. The van der Waals surface area contributed by atoms with Crippen molar-refractivity contribution in [3.63, 3.8) is 0 Å². The van der Waals surface area contributed by atoms with Crippen LogP contribution < -0.4 is 19.6 Å². The summed E-state index contributed by atoms with van der Waals surface area (Å²) in [5, 5.41) is 11.7. The number of aromatic nitrogens is 8. The number of halogens is 1. The lowest BCUT2D eigenvalue weighted by atomic mass is 10.1. The van der Waals surface area contributed by atoms with Gasteiger partial charge in [0.15, 0.2) is 36.8 Å². The molecule has 20 nitrogen and oxygen atoms in total. The van der Waals surface area contributed by atoms with Crippen molar-refractivity contribution in [2.24, 2.45) is 0 Å². The van der Waals surface area contributed by atoms with Gasteiger partial charge >= 0.3 is 0 Å². The molecule has 2 aromatic carbocycles. The van der Waals surface area contributed by atoms with Gasteiger partial charge in [0.2, 0.25) is 0 Å². The molecule has 0 unspecified atom stereocenters. The van der Waals surface area contributed by atoms with Crippen molar-refractivity contribution in [3.8, 4) is 22.3 Å². The number of fused-ring (bicyclic) bond motifs is 4. The predicted molar refractivity (Wildman–Crippen MR) is 378 cm³/mol. The second-order valence-corrected chi connectivity index (χ2v) is 56.1.